The van der Waals surface area contributed by atoms with Crippen LogP contribution in [-0.4, -0.2) is 9.97 Å². The van der Waals surface area contributed by atoms with Crippen LogP contribution in [0.25, 0.3) is 96.8 Å². The molecule has 2 nitrogen and oxygen atoms in total. The fourth-order valence-electron chi connectivity index (χ4n) is 7.14. The minimum absolute atomic E-state index is 0.898. The summed E-state index contributed by atoms with van der Waals surface area (Å²) < 4.78 is 2.65. The van der Waals surface area contributed by atoms with Gasteiger partial charge in [-0.1, -0.05) is 109 Å². The van der Waals surface area contributed by atoms with E-state index in [-0.39, 0.29) is 0 Å². The van der Waals surface area contributed by atoms with Gasteiger partial charge in [0.15, 0.2) is 0 Å². The molecule has 0 fully saturated rings. The van der Waals surface area contributed by atoms with E-state index in [0.29, 0.717) is 0 Å². The van der Waals surface area contributed by atoms with Crippen LogP contribution in [0, 0.1) is 0 Å². The van der Waals surface area contributed by atoms with Gasteiger partial charge < -0.3 is 0 Å². The van der Waals surface area contributed by atoms with Crippen molar-refractivity contribution in [2.75, 3.05) is 0 Å². The maximum atomic E-state index is 5.20. The molecular weight excluding hydrogens is 565 g/mol. The SMILES string of the molecule is c1ccc(-c2nc3ccccc3nc2-c2ccc3c(c2)c2ccccc2c2cc4c(cc32)sc2ccc3ccccc3c24)cc1. The molecule has 2 aromatic heterocycles. The Kier molecular flexibility index (Phi) is 5.19. The van der Waals surface area contributed by atoms with Gasteiger partial charge in [-0.2, -0.15) is 0 Å². The summed E-state index contributed by atoms with van der Waals surface area (Å²) in [6.45, 7) is 0. The van der Waals surface area contributed by atoms with Crippen molar-refractivity contribution in [3.8, 4) is 22.5 Å². The largest absolute Gasteiger partial charge is 0.244 e. The van der Waals surface area contributed by atoms with E-state index in [1.807, 2.05) is 41.7 Å². The molecule has 0 atom stereocenters. The van der Waals surface area contributed by atoms with Crippen LogP contribution in [-0.2, 0) is 0 Å². The minimum atomic E-state index is 0.898. The molecule has 0 aliphatic carbocycles. The molecule has 0 spiro atoms. The third-order valence-corrected chi connectivity index (χ3v) is 10.3. The van der Waals surface area contributed by atoms with Crippen LogP contribution in [0.1, 0.15) is 0 Å². The Morgan fingerprint density at radius 2 is 0.956 bits per heavy atom. The second-order valence-corrected chi connectivity index (χ2v) is 12.8. The van der Waals surface area contributed by atoms with Crippen LogP contribution in [0.5, 0.6) is 0 Å². The predicted octanol–water partition coefficient (Wildman–Crippen LogP) is 11.9. The van der Waals surface area contributed by atoms with Gasteiger partial charge in [-0.15, -0.1) is 11.3 Å². The Balaban J connectivity index is 1.29. The normalized spacial score (nSPS) is 12.0. The van der Waals surface area contributed by atoms with Crippen molar-refractivity contribution >= 4 is 85.6 Å². The van der Waals surface area contributed by atoms with Crippen molar-refractivity contribution < 1.29 is 0 Å². The minimum Gasteiger partial charge on any atom is -0.244 e. The molecule has 45 heavy (non-hydrogen) atoms. The summed E-state index contributed by atoms with van der Waals surface area (Å²) in [5, 5.41) is 12.9. The van der Waals surface area contributed by atoms with Gasteiger partial charge in [-0.25, -0.2) is 9.97 Å². The number of rotatable bonds is 2. The Bertz CT molecular complexity index is 2810. The van der Waals surface area contributed by atoms with Crippen molar-refractivity contribution in [2.45, 2.75) is 0 Å². The second kappa shape index (κ2) is 9.43. The zero-order valence-corrected chi connectivity index (χ0v) is 25.0. The van der Waals surface area contributed by atoms with E-state index in [1.165, 1.54) is 63.3 Å². The summed E-state index contributed by atoms with van der Waals surface area (Å²) in [5.74, 6) is 0. The number of aromatic nitrogens is 2. The first kappa shape index (κ1) is 24.8. The number of fused-ring (bicyclic) bond motifs is 12. The molecule has 2 heterocycles. The van der Waals surface area contributed by atoms with Crippen LogP contribution in [0.15, 0.2) is 146 Å². The highest BCUT2D eigenvalue weighted by Gasteiger charge is 2.17. The fraction of sp³-hybridized carbons (Fsp3) is 0. The van der Waals surface area contributed by atoms with Gasteiger partial charge in [0, 0.05) is 31.3 Å². The summed E-state index contributed by atoms with van der Waals surface area (Å²) in [7, 11) is 0. The molecule has 8 aromatic carbocycles. The quantitative estimate of drug-likeness (QED) is 0.188. The van der Waals surface area contributed by atoms with Crippen LogP contribution < -0.4 is 0 Å². The number of nitrogens with zero attached hydrogens (tertiary/aromatic N) is 2. The van der Waals surface area contributed by atoms with Gasteiger partial charge >= 0.3 is 0 Å². The highest BCUT2D eigenvalue weighted by atomic mass is 32.1. The first-order valence-corrected chi connectivity index (χ1v) is 16.1. The van der Waals surface area contributed by atoms with Gasteiger partial charge in [-0.3, -0.25) is 0 Å². The van der Waals surface area contributed by atoms with E-state index >= 15 is 0 Å². The van der Waals surface area contributed by atoms with E-state index in [1.54, 1.807) is 0 Å². The molecule has 0 aliphatic heterocycles. The third-order valence-electron chi connectivity index (χ3n) is 9.21. The molecule has 0 bridgehead atoms. The molecule has 0 radical (unpaired) electrons. The lowest BCUT2D eigenvalue weighted by atomic mass is 9.91. The van der Waals surface area contributed by atoms with E-state index in [0.717, 1.165) is 33.5 Å². The van der Waals surface area contributed by atoms with Gasteiger partial charge in [0.05, 0.1) is 22.4 Å². The zero-order chi connectivity index (χ0) is 29.5. The van der Waals surface area contributed by atoms with Crippen LogP contribution >= 0.6 is 11.3 Å². The lowest BCUT2D eigenvalue weighted by Gasteiger charge is -2.14. The van der Waals surface area contributed by atoms with Crippen LogP contribution in [0.4, 0.5) is 0 Å². The standard InChI is InChI=1S/C42H24N2S/c1-2-11-26(12-3-1)41-42(44-37-17-9-8-16-36(37)43-41)27-18-20-31-32(22-27)29-14-6-7-15-30(29)33-23-35-39(24-34(31)33)45-38-21-19-25-10-4-5-13-28(25)40(35)38/h1-24H. The van der Waals surface area contributed by atoms with Crippen LogP contribution in [0.3, 0.4) is 0 Å². The number of hydrogen-bond acceptors (Lipinski definition) is 3. The Hall–Kier alpha value is -5.64. The van der Waals surface area contributed by atoms with Gasteiger partial charge in [0.25, 0.3) is 0 Å². The summed E-state index contributed by atoms with van der Waals surface area (Å²) in [4.78, 5) is 10.3. The Morgan fingerprint density at radius 3 is 1.73 bits per heavy atom. The number of benzene rings is 8. The molecule has 0 aliphatic rings. The van der Waals surface area contributed by atoms with Crippen LogP contribution in [0.2, 0.25) is 0 Å². The van der Waals surface area contributed by atoms with E-state index in [4.69, 9.17) is 9.97 Å². The van der Waals surface area contributed by atoms with E-state index < -0.39 is 0 Å². The maximum Gasteiger partial charge on any atom is 0.0973 e. The lowest BCUT2D eigenvalue weighted by Crippen LogP contribution is -1.95. The molecule has 0 N–H and O–H groups in total. The summed E-state index contributed by atoms with van der Waals surface area (Å²) in [6, 6.07) is 52.3. The Labute approximate surface area is 262 Å². The van der Waals surface area contributed by atoms with Crippen molar-refractivity contribution in [2.24, 2.45) is 0 Å². The van der Waals surface area contributed by atoms with E-state index in [2.05, 4.69) is 115 Å². The second-order valence-electron chi connectivity index (χ2n) is 11.7. The van der Waals surface area contributed by atoms with E-state index in [9.17, 15) is 0 Å². The first-order valence-electron chi connectivity index (χ1n) is 15.2. The molecule has 0 unspecified atom stereocenters. The summed E-state index contributed by atoms with van der Waals surface area (Å²) in [6.07, 6.45) is 0. The fourth-order valence-corrected chi connectivity index (χ4v) is 8.28. The van der Waals surface area contributed by atoms with Gasteiger partial charge in [0.1, 0.15) is 0 Å². The zero-order valence-electron chi connectivity index (χ0n) is 24.2. The lowest BCUT2D eigenvalue weighted by molar-refractivity contribution is 1.29. The number of hydrogen-bond donors (Lipinski definition) is 0. The highest BCUT2D eigenvalue weighted by molar-refractivity contribution is 7.26. The molecule has 0 amide bonds. The van der Waals surface area contributed by atoms with Crippen molar-refractivity contribution in [1.29, 1.82) is 0 Å². The van der Waals surface area contributed by atoms with Crippen molar-refractivity contribution in [3.63, 3.8) is 0 Å². The maximum absolute atomic E-state index is 5.20. The molecule has 3 heteroatoms. The molecule has 10 aromatic rings. The van der Waals surface area contributed by atoms with Gasteiger partial charge in [0.2, 0.25) is 0 Å². The summed E-state index contributed by atoms with van der Waals surface area (Å²) >= 11 is 1.89. The first-order chi connectivity index (χ1) is 22.3. The molecule has 208 valence electrons. The van der Waals surface area contributed by atoms with Crippen molar-refractivity contribution in [1.82, 2.24) is 9.97 Å². The smallest absolute Gasteiger partial charge is 0.0973 e. The number of thiophene rings is 1. The van der Waals surface area contributed by atoms with Gasteiger partial charge in [-0.05, 0) is 79.5 Å². The number of para-hydroxylation sites is 2. The molecule has 0 saturated carbocycles. The monoisotopic (exact) mass is 588 g/mol. The Morgan fingerprint density at radius 1 is 0.356 bits per heavy atom. The average Bonchev–Trinajstić information content (AvgIpc) is 3.49. The highest BCUT2D eigenvalue weighted by Crippen LogP contribution is 2.44. The molecular formula is C42H24N2S. The molecule has 0 saturated heterocycles. The van der Waals surface area contributed by atoms with Crippen molar-refractivity contribution in [3.05, 3.63) is 146 Å². The topological polar surface area (TPSA) is 25.8 Å². The molecule has 10 rings (SSSR count). The summed E-state index contributed by atoms with van der Waals surface area (Å²) in [5.41, 5.74) is 5.73. The average molecular weight is 589 g/mol. The third kappa shape index (κ3) is 3.68. The predicted molar refractivity (Wildman–Crippen MR) is 193 cm³/mol.